The van der Waals surface area contributed by atoms with Gasteiger partial charge < -0.3 is 14.2 Å². The van der Waals surface area contributed by atoms with E-state index in [0.29, 0.717) is 22.1 Å². The molecule has 0 aliphatic heterocycles. The Morgan fingerprint density at radius 3 is 2.52 bits per heavy atom. The summed E-state index contributed by atoms with van der Waals surface area (Å²) < 4.78 is 15.6. The van der Waals surface area contributed by atoms with Gasteiger partial charge in [0.1, 0.15) is 18.1 Å². The predicted octanol–water partition coefficient (Wildman–Crippen LogP) is 3.71. The number of rotatable bonds is 5. The molecule has 0 saturated carbocycles. The molecule has 0 radical (unpaired) electrons. The lowest BCUT2D eigenvalue weighted by Crippen LogP contribution is -2.04. The maximum Gasteiger partial charge on any atom is 0.337 e. The zero-order valence-corrected chi connectivity index (χ0v) is 12.5. The van der Waals surface area contributed by atoms with Gasteiger partial charge in [-0.05, 0) is 24.3 Å². The Kier molecular flexibility index (Phi) is 5.06. The van der Waals surface area contributed by atoms with Crippen LogP contribution in [0.15, 0.2) is 42.5 Å². The van der Waals surface area contributed by atoms with Crippen molar-refractivity contribution >= 4 is 17.6 Å². The number of ether oxygens (including phenoxy) is 3. The van der Waals surface area contributed by atoms with Gasteiger partial charge in [0.2, 0.25) is 0 Å². The molecular weight excluding hydrogens is 292 g/mol. The van der Waals surface area contributed by atoms with Crippen LogP contribution in [0.5, 0.6) is 11.5 Å². The summed E-state index contributed by atoms with van der Waals surface area (Å²) in [4.78, 5) is 11.5. The molecule has 21 heavy (non-hydrogen) atoms. The van der Waals surface area contributed by atoms with Gasteiger partial charge in [0.15, 0.2) is 0 Å². The first-order valence-corrected chi connectivity index (χ1v) is 6.66. The summed E-state index contributed by atoms with van der Waals surface area (Å²) in [6.07, 6.45) is 0. The van der Waals surface area contributed by atoms with Crippen molar-refractivity contribution in [1.82, 2.24) is 0 Å². The summed E-state index contributed by atoms with van der Waals surface area (Å²) in [6.45, 7) is 0.286. The lowest BCUT2D eigenvalue weighted by molar-refractivity contribution is 0.0600. The third kappa shape index (κ3) is 3.67. The molecule has 5 heteroatoms. The minimum atomic E-state index is -0.410. The van der Waals surface area contributed by atoms with E-state index >= 15 is 0 Å². The third-order valence-electron chi connectivity index (χ3n) is 2.93. The molecule has 110 valence electrons. The number of methoxy groups -OCH3 is 2. The van der Waals surface area contributed by atoms with Gasteiger partial charge in [0.05, 0.1) is 24.8 Å². The van der Waals surface area contributed by atoms with Crippen molar-refractivity contribution in [3.63, 3.8) is 0 Å². The number of carbonyl (C=O) groups is 1. The first-order chi connectivity index (χ1) is 10.2. The fourth-order valence-electron chi connectivity index (χ4n) is 1.83. The van der Waals surface area contributed by atoms with E-state index < -0.39 is 5.97 Å². The summed E-state index contributed by atoms with van der Waals surface area (Å²) in [6, 6.07) is 12.3. The minimum absolute atomic E-state index is 0.286. The Bertz CT molecular complexity index is 640. The number of hydrogen-bond donors (Lipinski definition) is 0. The summed E-state index contributed by atoms with van der Waals surface area (Å²) in [7, 11) is 2.87. The molecular formula is C16H15ClO4. The van der Waals surface area contributed by atoms with Gasteiger partial charge in [-0.3, -0.25) is 0 Å². The highest BCUT2D eigenvalue weighted by atomic mass is 35.5. The van der Waals surface area contributed by atoms with Crippen molar-refractivity contribution in [3.05, 3.63) is 58.6 Å². The molecule has 0 atom stereocenters. The SMILES string of the molecule is COC(=O)c1ccc(COc2ccccc2Cl)c(OC)c1. The number of carbonyl (C=O) groups excluding carboxylic acids is 1. The van der Waals surface area contributed by atoms with Crippen molar-refractivity contribution in [2.75, 3.05) is 14.2 Å². The Balaban J connectivity index is 2.17. The van der Waals surface area contributed by atoms with Gasteiger partial charge in [-0.1, -0.05) is 29.8 Å². The number of para-hydroxylation sites is 1. The van der Waals surface area contributed by atoms with Crippen LogP contribution in [0.2, 0.25) is 5.02 Å². The van der Waals surface area contributed by atoms with E-state index in [9.17, 15) is 4.79 Å². The fraction of sp³-hybridized carbons (Fsp3) is 0.188. The second kappa shape index (κ2) is 6.99. The maximum absolute atomic E-state index is 11.5. The molecule has 2 rings (SSSR count). The maximum atomic E-state index is 11.5. The van der Waals surface area contributed by atoms with Crippen molar-refractivity contribution in [2.45, 2.75) is 6.61 Å². The highest BCUT2D eigenvalue weighted by molar-refractivity contribution is 6.32. The molecule has 2 aromatic carbocycles. The number of hydrogen-bond acceptors (Lipinski definition) is 4. The van der Waals surface area contributed by atoms with E-state index in [1.165, 1.54) is 14.2 Å². The van der Waals surface area contributed by atoms with Crippen molar-refractivity contribution in [1.29, 1.82) is 0 Å². The smallest absolute Gasteiger partial charge is 0.337 e. The van der Waals surface area contributed by atoms with Crippen LogP contribution in [0, 0.1) is 0 Å². The fourth-order valence-corrected chi connectivity index (χ4v) is 2.02. The van der Waals surface area contributed by atoms with Crippen LogP contribution >= 0.6 is 11.6 Å². The molecule has 4 nitrogen and oxygen atoms in total. The quantitative estimate of drug-likeness (QED) is 0.790. The molecule has 0 bridgehead atoms. The molecule has 0 fully saturated rings. The summed E-state index contributed by atoms with van der Waals surface area (Å²) in [5, 5.41) is 0.544. The Morgan fingerprint density at radius 1 is 1.10 bits per heavy atom. The van der Waals surface area contributed by atoms with Crippen LogP contribution in [0.1, 0.15) is 15.9 Å². The van der Waals surface area contributed by atoms with Gasteiger partial charge in [-0.15, -0.1) is 0 Å². The highest BCUT2D eigenvalue weighted by Crippen LogP contribution is 2.26. The lowest BCUT2D eigenvalue weighted by atomic mass is 10.1. The van der Waals surface area contributed by atoms with Crippen molar-refractivity contribution in [2.24, 2.45) is 0 Å². The Morgan fingerprint density at radius 2 is 1.86 bits per heavy atom. The van der Waals surface area contributed by atoms with E-state index in [2.05, 4.69) is 4.74 Å². The Hall–Kier alpha value is -2.20. The van der Waals surface area contributed by atoms with Crippen molar-refractivity contribution < 1.29 is 19.0 Å². The van der Waals surface area contributed by atoms with E-state index in [1.807, 2.05) is 12.1 Å². The van der Waals surface area contributed by atoms with E-state index in [-0.39, 0.29) is 6.61 Å². The molecule has 0 N–H and O–H groups in total. The van der Waals surface area contributed by atoms with Crippen LogP contribution in [0.3, 0.4) is 0 Å². The van der Waals surface area contributed by atoms with Gasteiger partial charge in [0, 0.05) is 5.56 Å². The highest BCUT2D eigenvalue weighted by Gasteiger charge is 2.11. The normalized spacial score (nSPS) is 10.0. The third-order valence-corrected chi connectivity index (χ3v) is 3.24. The van der Waals surface area contributed by atoms with E-state index in [0.717, 1.165) is 5.56 Å². The van der Waals surface area contributed by atoms with Crippen LogP contribution in [-0.4, -0.2) is 20.2 Å². The first-order valence-electron chi connectivity index (χ1n) is 6.28. The largest absolute Gasteiger partial charge is 0.496 e. The molecule has 0 aromatic heterocycles. The predicted molar refractivity (Wildman–Crippen MR) is 80.1 cm³/mol. The average molecular weight is 307 g/mol. The molecule has 0 saturated heterocycles. The molecule has 0 spiro atoms. The molecule has 0 unspecified atom stereocenters. The second-order valence-electron chi connectivity index (χ2n) is 4.24. The van der Waals surface area contributed by atoms with E-state index in [4.69, 9.17) is 21.1 Å². The van der Waals surface area contributed by atoms with Crippen LogP contribution in [0.4, 0.5) is 0 Å². The molecule has 0 heterocycles. The van der Waals surface area contributed by atoms with Gasteiger partial charge in [-0.2, -0.15) is 0 Å². The molecule has 0 aliphatic carbocycles. The number of benzene rings is 2. The first kappa shape index (κ1) is 15.2. The second-order valence-corrected chi connectivity index (χ2v) is 4.64. The number of esters is 1. The topological polar surface area (TPSA) is 44.8 Å². The van der Waals surface area contributed by atoms with Crippen LogP contribution in [0.25, 0.3) is 0 Å². The summed E-state index contributed by atoms with van der Waals surface area (Å²) in [5.74, 6) is 0.745. The monoisotopic (exact) mass is 306 g/mol. The van der Waals surface area contributed by atoms with Crippen LogP contribution in [-0.2, 0) is 11.3 Å². The van der Waals surface area contributed by atoms with Crippen molar-refractivity contribution in [3.8, 4) is 11.5 Å². The average Bonchev–Trinajstić information content (AvgIpc) is 2.53. The zero-order valence-electron chi connectivity index (χ0n) is 11.8. The van der Waals surface area contributed by atoms with E-state index in [1.54, 1.807) is 30.3 Å². The molecule has 0 amide bonds. The molecule has 2 aromatic rings. The molecule has 0 aliphatic rings. The standard InChI is InChI=1S/C16H15ClO4/c1-19-15-9-11(16(18)20-2)7-8-12(15)10-21-14-6-4-3-5-13(14)17/h3-9H,10H2,1-2H3. The lowest BCUT2D eigenvalue weighted by Gasteiger charge is -2.12. The zero-order chi connectivity index (χ0) is 15.2. The van der Waals surface area contributed by atoms with Gasteiger partial charge >= 0.3 is 5.97 Å². The Labute approximate surface area is 128 Å². The summed E-state index contributed by atoms with van der Waals surface area (Å²) >= 11 is 6.03. The van der Waals surface area contributed by atoms with Crippen LogP contribution < -0.4 is 9.47 Å². The number of halogens is 1. The minimum Gasteiger partial charge on any atom is -0.496 e. The summed E-state index contributed by atoms with van der Waals surface area (Å²) in [5.41, 5.74) is 1.24. The van der Waals surface area contributed by atoms with Gasteiger partial charge in [0.25, 0.3) is 0 Å². The van der Waals surface area contributed by atoms with Gasteiger partial charge in [-0.25, -0.2) is 4.79 Å².